The van der Waals surface area contributed by atoms with Crippen LogP contribution in [0.5, 0.6) is 0 Å². The summed E-state index contributed by atoms with van der Waals surface area (Å²) in [4.78, 5) is 37.3. The van der Waals surface area contributed by atoms with Gasteiger partial charge in [-0.25, -0.2) is 4.79 Å². The molecule has 0 radical (unpaired) electrons. The molecule has 1 fully saturated rings. The molecule has 1 aliphatic rings. The first-order chi connectivity index (χ1) is 13.5. The molecule has 0 bridgehead atoms. The Morgan fingerprint density at radius 3 is 2.39 bits per heavy atom. The molecule has 148 valence electrons. The van der Waals surface area contributed by atoms with Gasteiger partial charge in [0.2, 0.25) is 0 Å². The molecule has 0 spiro atoms. The van der Waals surface area contributed by atoms with Gasteiger partial charge < -0.3 is 24.9 Å². The van der Waals surface area contributed by atoms with Crippen molar-refractivity contribution in [2.45, 2.75) is 6.04 Å². The van der Waals surface area contributed by atoms with Crippen LogP contribution in [-0.4, -0.2) is 60.6 Å². The number of ether oxygens (including phenoxy) is 1. The lowest BCUT2D eigenvalue weighted by Gasteiger charge is -2.33. The molecule has 2 heterocycles. The second kappa shape index (κ2) is 9.16. The van der Waals surface area contributed by atoms with Crippen LogP contribution in [0.4, 0.5) is 5.69 Å². The summed E-state index contributed by atoms with van der Waals surface area (Å²) in [5.41, 5.74) is 0.426. The van der Waals surface area contributed by atoms with Crippen molar-refractivity contribution < 1.29 is 28.6 Å². The van der Waals surface area contributed by atoms with Gasteiger partial charge in [-0.05, 0) is 36.4 Å². The number of hydrogen-bond donors (Lipinski definition) is 3. The van der Waals surface area contributed by atoms with Gasteiger partial charge >= 0.3 is 17.8 Å². The summed E-state index contributed by atoms with van der Waals surface area (Å²) < 4.78 is 10.8. The van der Waals surface area contributed by atoms with Crippen LogP contribution in [0.1, 0.15) is 22.2 Å². The summed E-state index contributed by atoms with van der Waals surface area (Å²) in [7, 11) is 0. The number of benzene rings is 1. The zero-order valence-corrected chi connectivity index (χ0v) is 15.1. The monoisotopic (exact) mass is 387 g/mol. The third kappa shape index (κ3) is 4.96. The molecule has 1 aromatic heterocycles. The summed E-state index contributed by atoms with van der Waals surface area (Å²) in [6.07, 6.45) is 1.57. The Morgan fingerprint density at radius 2 is 1.79 bits per heavy atom. The van der Waals surface area contributed by atoms with Crippen molar-refractivity contribution in [1.82, 2.24) is 10.2 Å². The molecule has 1 aliphatic heterocycles. The van der Waals surface area contributed by atoms with E-state index in [1.54, 1.807) is 12.3 Å². The smallest absolute Gasteiger partial charge is 0.335 e. The van der Waals surface area contributed by atoms with Gasteiger partial charge in [-0.1, -0.05) is 0 Å². The van der Waals surface area contributed by atoms with Crippen molar-refractivity contribution in [1.29, 1.82) is 0 Å². The third-order valence-electron chi connectivity index (χ3n) is 4.41. The highest BCUT2D eigenvalue weighted by molar-refractivity contribution is 6.39. The second-order valence-corrected chi connectivity index (χ2v) is 6.23. The summed E-state index contributed by atoms with van der Waals surface area (Å²) in [5.74, 6) is -1.98. The Kier molecular flexibility index (Phi) is 6.41. The predicted octanol–water partition coefficient (Wildman–Crippen LogP) is 1.11. The number of morpholine rings is 1. The Hall–Kier alpha value is -3.17. The zero-order valence-electron chi connectivity index (χ0n) is 15.1. The van der Waals surface area contributed by atoms with Crippen molar-refractivity contribution in [2.24, 2.45) is 0 Å². The standard InChI is InChI=1S/C19H21N3O6/c23-17(18(24)21-14-5-3-13(4-6-14)19(25)26)20-12-15(16-2-1-9-28-16)22-7-10-27-11-8-22/h1-6,9,15H,7-8,10-12H2,(H,20,23)(H,21,24)(H,25,26)/t15-/m0/s1. The number of rotatable bonds is 6. The number of carboxylic acid groups (broad SMARTS) is 1. The molecule has 2 amide bonds. The Labute approximate surface area is 161 Å². The van der Waals surface area contributed by atoms with Crippen molar-refractivity contribution in [3.05, 3.63) is 54.0 Å². The fourth-order valence-corrected chi connectivity index (χ4v) is 2.93. The number of hydrogen-bond acceptors (Lipinski definition) is 6. The molecular formula is C19H21N3O6. The van der Waals surface area contributed by atoms with Crippen molar-refractivity contribution >= 4 is 23.5 Å². The average Bonchev–Trinajstić information content (AvgIpc) is 3.23. The number of carbonyl (C=O) groups is 3. The Morgan fingerprint density at radius 1 is 1.07 bits per heavy atom. The summed E-state index contributed by atoms with van der Waals surface area (Å²) in [6.45, 7) is 2.79. The molecule has 1 saturated heterocycles. The lowest BCUT2D eigenvalue weighted by atomic mass is 10.1. The van der Waals surface area contributed by atoms with Gasteiger partial charge in [0, 0.05) is 25.3 Å². The molecule has 3 rings (SSSR count). The molecule has 2 aromatic rings. The summed E-state index contributed by atoms with van der Waals surface area (Å²) in [5, 5.41) is 14.0. The first-order valence-electron chi connectivity index (χ1n) is 8.82. The van der Waals surface area contributed by atoms with Gasteiger partial charge in [0.15, 0.2) is 0 Å². The van der Waals surface area contributed by atoms with E-state index in [1.807, 2.05) is 6.07 Å². The van der Waals surface area contributed by atoms with Gasteiger partial charge in [-0.2, -0.15) is 0 Å². The number of furan rings is 1. The molecule has 9 nitrogen and oxygen atoms in total. The van der Waals surface area contributed by atoms with Gasteiger partial charge in [0.1, 0.15) is 5.76 Å². The number of amides is 2. The molecule has 0 unspecified atom stereocenters. The molecule has 9 heteroatoms. The van der Waals surface area contributed by atoms with Gasteiger partial charge in [0.05, 0.1) is 31.1 Å². The van der Waals surface area contributed by atoms with E-state index < -0.39 is 17.8 Å². The maximum atomic E-state index is 12.2. The normalized spacial score (nSPS) is 15.6. The Balaban J connectivity index is 1.57. The van der Waals surface area contributed by atoms with E-state index in [0.717, 1.165) is 0 Å². The quantitative estimate of drug-likeness (QED) is 0.635. The van der Waals surface area contributed by atoms with E-state index in [4.69, 9.17) is 14.3 Å². The van der Waals surface area contributed by atoms with E-state index in [9.17, 15) is 14.4 Å². The molecule has 0 aliphatic carbocycles. The molecule has 1 aromatic carbocycles. The lowest BCUT2D eigenvalue weighted by Crippen LogP contribution is -2.45. The molecule has 3 N–H and O–H groups in total. The number of carboxylic acids is 1. The van der Waals surface area contributed by atoms with Crippen LogP contribution >= 0.6 is 0 Å². The summed E-state index contributed by atoms with van der Waals surface area (Å²) in [6, 6.07) is 8.95. The maximum absolute atomic E-state index is 12.2. The maximum Gasteiger partial charge on any atom is 0.335 e. The lowest BCUT2D eigenvalue weighted by molar-refractivity contribution is -0.136. The highest BCUT2D eigenvalue weighted by Gasteiger charge is 2.26. The van der Waals surface area contributed by atoms with Crippen molar-refractivity contribution in [2.75, 3.05) is 38.2 Å². The topological polar surface area (TPSA) is 121 Å². The molecule has 28 heavy (non-hydrogen) atoms. The van der Waals surface area contributed by atoms with Gasteiger partial charge in [-0.15, -0.1) is 0 Å². The van der Waals surface area contributed by atoms with E-state index >= 15 is 0 Å². The summed E-state index contributed by atoms with van der Waals surface area (Å²) >= 11 is 0. The predicted molar refractivity (Wildman–Crippen MR) is 98.9 cm³/mol. The minimum Gasteiger partial charge on any atom is -0.478 e. The second-order valence-electron chi connectivity index (χ2n) is 6.23. The van der Waals surface area contributed by atoms with Crippen LogP contribution in [0, 0.1) is 0 Å². The van der Waals surface area contributed by atoms with Crippen LogP contribution in [0.25, 0.3) is 0 Å². The largest absolute Gasteiger partial charge is 0.478 e. The van der Waals surface area contributed by atoms with Gasteiger partial charge in [-0.3, -0.25) is 14.5 Å². The Bertz CT molecular complexity index is 813. The van der Waals surface area contributed by atoms with Crippen LogP contribution in [-0.2, 0) is 14.3 Å². The van der Waals surface area contributed by atoms with Crippen LogP contribution in [0.3, 0.4) is 0 Å². The number of anilines is 1. The van der Waals surface area contributed by atoms with Gasteiger partial charge in [0.25, 0.3) is 0 Å². The van der Waals surface area contributed by atoms with Crippen molar-refractivity contribution in [3.63, 3.8) is 0 Å². The van der Waals surface area contributed by atoms with Crippen LogP contribution < -0.4 is 10.6 Å². The van der Waals surface area contributed by atoms with Crippen molar-refractivity contribution in [3.8, 4) is 0 Å². The molecule has 0 saturated carbocycles. The average molecular weight is 387 g/mol. The minimum atomic E-state index is -1.07. The van der Waals surface area contributed by atoms with E-state index in [0.29, 0.717) is 37.8 Å². The number of carbonyl (C=O) groups excluding carboxylic acids is 2. The third-order valence-corrected chi connectivity index (χ3v) is 4.41. The zero-order chi connectivity index (χ0) is 19.9. The molecule has 1 atom stereocenters. The molecular weight excluding hydrogens is 366 g/mol. The number of nitrogens with zero attached hydrogens (tertiary/aromatic N) is 1. The van der Waals surface area contributed by atoms with E-state index in [-0.39, 0.29) is 18.2 Å². The van der Waals surface area contributed by atoms with E-state index in [1.165, 1.54) is 24.3 Å². The van der Waals surface area contributed by atoms with E-state index in [2.05, 4.69) is 15.5 Å². The fourth-order valence-electron chi connectivity index (χ4n) is 2.93. The number of nitrogens with one attached hydrogen (secondary N) is 2. The van der Waals surface area contributed by atoms with Crippen LogP contribution in [0.2, 0.25) is 0 Å². The first-order valence-corrected chi connectivity index (χ1v) is 8.82. The minimum absolute atomic E-state index is 0.0919. The first kappa shape index (κ1) is 19.6. The highest BCUT2D eigenvalue weighted by Crippen LogP contribution is 2.21. The fraction of sp³-hybridized carbons (Fsp3) is 0.316. The SMILES string of the molecule is O=C(NC[C@@H](c1ccco1)N1CCOCC1)C(=O)Nc1ccc(C(=O)O)cc1. The number of aromatic carboxylic acids is 1. The highest BCUT2D eigenvalue weighted by atomic mass is 16.5. The van der Waals surface area contributed by atoms with Crippen LogP contribution in [0.15, 0.2) is 47.1 Å².